The average Bonchev–Trinajstić information content (AvgIpc) is 3.51. The second-order valence-electron chi connectivity index (χ2n) is 9.45. The maximum absolute atomic E-state index is 9.72. The minimum atomic E-state index is -1.79. The van der Waals surface area contributed by atoms with Gasteiger partial charge in [0.15, 0.2) is 6.10 Å². The number of hydrogen-bond acceptors (Lipinski definition) is 8. The highest BCUT2D eigenvalue weighted by atomic mass is 32.1. The highest BCUT2D eigenvalue weighted by Crippen LogP contribution is 2.49. The minimum absolute atomic E-state index is 0.0900. The predicted octanol–water partition coefficient (Wildman–Crippen LogP) is 3.60. The number of aliphatic hydroxyl groups excluding tert-OH is 1. The van der Waals surface area contributed by atoms with Crippen molar-refractivity contribution in [3.63, 3.8) is 0 Å². The molecular formula is C26H36N2O7S. The van der Waals surface area contributed by atoms with Gasteiger partial charge in [0.05, 0.1) is 24.0 Å². The summed E-state index contributed by atoms with van der Waals surface area (Å²) in [4.78, 5) is 25.5. The van der Waals surface area contributed by atoms with E-state index in [1.807, 2.05) is 18.3 Å². The second kappa shape index (κ2) is 13.1. The molecule has 1 aliphatic carbocycles. The number of pyridine rings is 1. The molecule has 4 rings (SSSR count). The Labute approximate surface area is 215 Å². The number of nitrogens with zero attached hydrogens (tertiary/aromatic N) is 1. The quantitative estimate of drug-likeness (QED) is 0.346. The molecule has 0 amide bonds. The molecule has 0 bridgehead atoms. The molecule has 36 heavy (non-hydrogen) atoms. The molecule has 0 aromatic carbocycles. The molecule has 1 aliphatic heterocycles. The van der Waals surface area contributed by atoms with Crippen LogP contribution >= 0.6 is 11.3 Å². The highest BCUT2D eigenvalue weighted by Gasteiger charge is 2.48. The molecule has 0 radical (unpaired) electrons. The number of carboxylic acid groups (broad SMARTS) is 2. The van der Waals surface area contributed by atoms with Gasteiger partial charge in [-0.1, -0.05) is 18.9 Å². The van der Waals surface area contributed by atoms with Gasteiger partial charge in [-0.2, -0.15) is 0 Å². The fourth-order valence-electron chi connectivity index (χ4n) is 5.22. The lowest BCUT2D eigenvalue weighted by Gasteiger charge is -2.46. The van der Waals surface area contributed by atoms with Crippen LogP contribution < -0.4 is 10.1 Å². The molecule has 1 spiro atoms. The van der Waals surface area contributed by atoms with Gasteiger partial charge >= 0.3 is 11.9 Å². The lowest BCUT2D eigenvalue weighted by molar-refractivity contribution is -0.152. The standard InChI is InChI=1S/C22H30N2O2S.C4H6O5/c1-25-18-7-15-27-19(18)16-23-13-10-21(20-6-2-5-12-24-20)11-14-26-22(17-21)8-3-4-9-22;5-2(4(8)9)1-3(6)7/h2,5-7,12,15,23H,3-4,8-11,13-14,16-17H2,1H3;2,5H,1H2,(H,6,7)(H,8,9)/t21-;/m1./s1. The lowest BCUT2D eigenvalue weighted by atomic mass is 9.68. The Morgan fingerprint density at radius 1 is 1.22 bits per heavy atom. The predicted molar refractivity (Wildman–Crippen MR) is 135 cm³/mol. The number of carboxylic acids is 2. The van der Waals surface area contributed by atoms with Gasteiger partial charge in [0.1, 0.15) is 5.75 Å². The molecule has 2 aliphatic rings. The zero-order valence-electron chi connectivity index (χ0n) is 20.6. The van der Waals surface area contributed by atoms with Crippen molar-refractivity contribution in [2.24, 2.45) is 0 Å². The van der Waals surface area contributed by atoms with Crippen LogP contribution in [0.25, 0.3) is 0 Å². The van der Waals surface area contributed by atoms with E-state index in [0.717, 1.165) is 44.7 Å². The van der Waals surface area contributed by atoms with Gasteiger partial charge in [0.2, 0.25) is 0 Å². The largest absolute Gasteiger partial charge is 0.496 e. The number of hydrogen-bond donors (Lipinski definition) is 4. The number of rotatable bonds is 10. The Balaban J connectivity index is 0.000000345. The highest BCUT2D eigenvalue weighted by molar-refractivity contribution is 7.10. The van der Waals surface area contributed by atoms with Crippen LogP contribution in [0.1, 0.15) is 61.9 Å². The summed E-state index contributed by atoms with van der Waals surface area (Å²) < 4.78 is 11.8. The monoisotopic (exact) mass is 520 g/mol. The van der Waals surface area contributed by atoms with E-state index in [0.29, 0.717) is 0 Å². The number of ether oxygens (including phenoxy) is 2. The summed E-state index contributed by atoms with van der Waals surface area (Å²) >= 11 is 1.75. The summed E-state index contributed by atoms with van der Waals surface area (Å²) in [6.07, 6.45) is 7.70. The summed E-state index contributed by atoms with van der Waals surface area (Å²) in [5, 5.41) is 29.9. The molecule has 2 atom stereocenters. The summed E-state index contributed by atoms with van der Waals surface area (Å²) in [7, 11) is 1.74. The Bertz CT molecular complexity index is 978. The normalized spacial score (nSPS) is 21.4. The van der Waals surface area contributed by atoms with Crippen molar-refractivity contribution in [3.8, 4) is 5.75 Å². The molecule has 1 saturated heterocycles. The first-order valence-electron chi connectivity index (χ1n) is 12.3. The van der Waals surface area contributed by atoms with E-state index in [9.17, 15) is 9.59 Å². The van der Waals surface area contributed by atoms with E-state index < -0.39 is 24.5 Å². The Kier molecular flexibility index (Phi) is 10.2. The van der Waals surface area contributed by atoms with Crippen LogP contribution in [0.4, 0.5) is 0 Å². The van der Waals surface area contributed by atoms with Crippen LogP contribution in [0.5, 0.6) is 5.75 Å². The van der Waals surface area contributed by atoms with E-state index in [4.69, 9.17) is 29.8 Å². The van der Waals surface area contributed by atoms with Gasteiger partial charge in [-0.3, -0.25) is 9.78 Å². The van der Waals surface area contributed by atoms with Crippen molar-refractivity contribution in [1.29, 1.82) is 0 Å². The van der Waals surface area contributed by atoms with E-state index in [2.05, 4.69) is 22.8 Å². The van der Waals surface area contributed by atoms with Gasteiger partial charge in [-0.05, 0) is 62.2 Å². The number of aromatic nitrogens is 1. The average molecular weight is 521 g/mol. The Hall–Kier alpha value is -2.53. The molecule has 2 fully saturated rings. The molecular weight excluding hydrogens is 484 g/mol. The SMILES string of the molecule is COc1ccsc1CNCC[C@@]1(c2ccccn2)CCOC2(CCCC2)C1.O=C(O)CC(O)C(=O)O. The van der Waals surface area contributed by atoms with Gasteiger partial charge in [-0.25, -0.2) is 4.79 Å². The van der Waals surface area contributed by atoms with Crippen molar-refractivity contribution in [3.05, 3.63) is 46.4 Å². The third kappa shape index (κ3) is 7.49. The Morgan fingerprint density at radius 2 is 2.00 bits per heavy atom. The molecule has 2 aromatic heterocycles. The van der Waals surface area contributed by atoms with Crippen LogP contribution in [0.3, 0.4) is 0 Å². The van der Waals surface area contributed by atoms with Crippen molar-refractivity contribution in [1.82, 2.24) is 10.3 Å². The number of nitrogens with one attached hydrogen (secondary N) is 1. The van der Waals surface area contributed by atoms with Crippen LogP contribution in [0, 0.1) is 0 Å². The van der Waals surface area contributed by atoms with Crippen molar-refractivity contribution in [2.45, 2.75) is 75.0 Å². The molecule has 4 N–H and O–H groups in total. The van der Waals surface area contributed by atoms with Crippen molar-refractivity contribution in [2.75, 3.05) is 20.3 Å². The molecule has 9 nitrogen and oxygen atoms in total. The smallest absolute Gasteiger partial charge is 0.333 e. The van der Waals surface area contributed by atoms with Gasteiger partial charge < -0.3 is 30.1 Å². The number of aliphatic carboxylic acids is 2. The summed E-state index contributed by atoms with van der Waals surface area (Å²) in [6.45, 7) is 2.70. The maximum atomic E-state index is 9.72. The summed E-state index contributed by atoms with van der Waals surface area (Å²) in [5.41, 5.74) is 1.46. The second-order valence-corrected chi connectivity index (χ2v) is 10.5. The summed E-state index contributed by atoms with van der Waals surface area (Å²) in [5.74, 6) is -1.86. The molecule has 10 heteroatoms. The van der Waals surface area contributed by atoms with E-state index in [1.54, 1.807) is 18.4 Å². The van der Waals surface area contributed by atoms with E-state index in [-0.39, 0.29) is 11.0 Å². The number of thiophene rings is 1. The lowest BCUT2D eigenvalue weighted by Crippen LogP contribution is -2.47. The fourth-order valence-corrected chi connectivity index (χ4v) is 6.03. The third-order valence-corrected chi connectivity index (χ3v) is 7.92. The first kappa shape index (κ1) is 28.0. The fraction of sp³-hybridized carbons (Fsp3) is 0.577. The first-order chi connectivity index (χ1) is 17.3. The van der Waals surface area contributed by atoms with E-state index >= 15 is 0 Å². The topological polar surface area (TPSA) is 138 Å². The van der Waals surface area contributed by atoms with Crippen LogP contribution in [-0.4, -0.2) is 64.2 Å². The molecule has 1 saturated carbocycles. The van der Waals surface area contributed by atoms with Crippen LogP contribution in [0.15, 0.2) is 35.8 Å². The molecule has 3 heterocycles. The van der Waals surface area contributed by atoms with Crippen molar-refractivity contribution >= 4 is 23.3 Å². The zero-order chi connectivity index (χ0) is 26.0. The van der Waals surface area contributed by atoms with Crippen LogP contribution in [0.2, 0.25) is 0 Å². The van der Waals surface area contributed by atoms with Gasteiger partial charge in [-0.15, -0.1) is 11.3 Å². The molecule has 198 valence electrons. The molecule has 2 aromatic rings. The number of aliphatic hydroxyl groups is 1. The number of methoxy groups -OCH3 is 1. The van der Waals surface area contributed by atoms with Gasteiger partial charge in [0.25, 0.3) is 0 Å². The zero-order valence-corrected chi connectivity index (χ0v) is 21.5. The first-order valence-corrected chi connectivity index (χ1v) is 13.2. The van der Waals surface area contributed by atoms with E-state index in [1.165, 1.54) is 36.3 Å². The van der Waals surface area contributed by atoms with Crippen molar-refractivity contribution < 1.29 is 34.4 Å². The van der Waals surface area contributed by atoms with Gasteiger partial charge in [0, 0.05) is 30.5 Å². The minimum Gasteiger partial charge on any atom is -0.496 e. The Morgan fingerprint density at radius 3 is 2.61 bits per heavy atom. The molecule has 1 unspecified atom stereocenters. The summed E-state index contributed by atoms with van der Waals surface area (Å²) in [6, 6.07) is 8.41. The third-order valence-electron chi connectivity index (χ3n) is 7.02. The maximum Gasteiger partial charge on any atom is 0.333 e. The van der Waals surface area contributed by atoms with Crippen LogP contribution in [-0.2, 0) is 26.3 Å². The number of carbonyl (C=O) groups is 2.